The molecule has 0 aliphatic heterocycles. The minimum absolute atomic E-state index is 0.0418. The summed E-state index contributed by atoms with van der Waals surface area (Å²) in [6, 6.07) is 2.76. The molecule has 2 aliphatic rings. The molecule has 0 aromatic heterocycles. The molecule has 1 nitrogen and oxygen atoms in total. The van der Waals surface area contributed by atoms with Gasteiger partial charge in [0.05, 0.1) is 6.61 Å². The molecule has 0 amide bonds. The van der Waals surface area contributed by atoms with Gasteiger partial charge in [0.25, 0.3) is 0 Å². The van der Waals surface area contributed by atoms with Crippen LogP contribution in [-0.2, 0) is 0 Å². The summed E-state index contributed by atoms with van der Waals surface area (Å²) < 4.78 is 48.1. The van der Waals surface area contributed by atoms with Crippen molar-refractivity contribution in [2.45, 2.75) is 78.1 Å². The van der Waals surface area contributed by atoms with E-state index in [1.54, 1.807) is 6.92 Å². The molecule has 4 heteroatoms. The Morgan fingerprint density at radius 2 is 1.55 bits per heavy atom. The van der Waals surface area contributed by atoms with Gasteiger partial charge in [-0.3, -0.25) is 0 Å². The summed E-state index contributed by atoms with van der Waals surface area (Å²) >= 11 is 0. The first kappa shape index (κ1) is 22.2. The highest BCUT2D eigenvalue weighted by atomic mass is 19.2. The normalized spacial score (nSPS) is 28.4. The second kappa shape index (κ2) is 10.5. The summed E-state index contributed by atoms with van der Waals surface area (Å²) in [5.41, 5.74) is -0.0418. The predicted molar refractivity (Wildman–Crippen MR) is 112 cm³/mol. The zero-order valence-corrected chi connectivity index (χ0v) is 17.9. The maximum absolute atomic E-state index is 14.8. The highest BCUT2D eigenvalue weighted by Gasteiger charge is 2.32. The van der Waals surface area contributed by atoms with Crippen LogP contribution in [0.5, 0.6) is 5.75 Å². The number of halogens is 3. The fraction of sp³-hybridized carbons (Fsp3) is 0.680. The van der Waals surface area contributed by atoms with Crippen molar-refractivity contribution in [1.29, 1.82) is 0 Å². The van der Waals surface area contributed by atoms with E-state index in [0.29, 0.717) is 5.92 Å². The van der Waals surface area contributed by atoms with E-state index in [4.69, 9.17) is 4.74 Å². The molecule has 0 saturated heterocycles. The molecule has 0 atom stereocenters. The molecule has 2 aliphatic carbocycles. The summed E-state index contributed by atoms with van der Waals surface area (Å²) in [5.74, 6) is -0.280. The quantitative estimate of drug-likeness (QED) is 0.443. The van der Waals surface area contributed by atoms with Crippen molar-refractivity contribution in [2.75, 3.05) is 6.61 Å². The number of hydrogen-bond donors (Lipinski definition) is 0. The molecule has 3 rings (SSSR count). The van der Waals surface area contributed by atoms with Gasteiger partial charge in [-0.25, -0.2) is 8.78 Å². The van der Waals surface area contributed by atoms with E-state index in [2.05, 4.69) is 6.92 Å². The average Bonchev–Trinajstić information content (AvgIpc) is 2.74. The Bertz CT molecular complexity index is 684. The van der Waals surface area contributed by atoms with Crippen LogP contribution in [0.4, 0.5) is 13.2 Å². The van der Waals surface area contributed by atoms with Gasteiger partial charge in [0, 0.05) is 11.5 Å². The molecule has 0 heterocycles. The Hall–Kier alpha value is -1.45. The van der Waals surface area contributed by atoms with Crippen LogP contribution in [0.1, 0.15) is 83.6 Å². The third kappa shape index (κ3) is 5.58. The standard InChI is InChI=1S/C25H35F3O/c1-3-5-17-6-8-18(9-7-17)19-10-12-20(13-11-19)22(26)16-21-14-15-23(29-4-2)25(28)24(21)27/h14-20H,3-13H2,1-2H3. The molecule has 0 unspecified atom stereocenters. The molecule has 1 aromatic carbocycles. The van der Waals surface area contributed by atoms with Gasteiger partial charge < -0.3 is 4.74 Å². The molecule has 29 heavy (non-hydrogen) atoms. The van der Waals surface area contributed by atoms with E-state index in [1.807, 2.05) is 0 Å². The van der Waals surface area contributed by atoms with Crippen molar-refractivity contribution in [1.82, 2.24) is 0 Å². The average molecular weight is 409 g/mol. The molecular weight excluding hydrogens is 373 g/mol. The molecule has 0 N–H and O–H groups in total. The van der Waals surface area contributed by atoms with Gasteiger partial charge in [0.1, 0.15) is 5.83 Å². The summed E-state index contributed by atoms with van der Waals surface area (Å²) in [5, 5.41) is 0. The van der Waals surface area contributed by atoms with Gasteiger partial charge in [0.2, 0.25) is 5.82 Å². The van der Waals surface area contributed by atoms with Gasteiger partial charge in [-0.05, 0) is 81.4 Å². The van der Waals surface area contributed by atoms with E-state index in [-0.39, 0.29) is 29.7 Å². The Morgan fingerprint density at radius 3 is 2.14 bits per heavy atom. The van der Waals surface area contributed by atoms with Crippen molar-refractivity contribution >= 4 is 6.08 Å². The van der Waals surface area contributed by atoms with Crippen LogP contribution in [0.3, 0.4) is 0 Å². The zero-order valence-electron chi connectivity index (χ0n) is 17.9. The fourth-order valence-corrected chi connectivity index (χ4v) is 5.41. The lowest BCUT2D eigenvalue weighted by molar-refractivity contribution is 0.146. The fourth-order valence-electron chi connectivity index (χ4n) is 5.41. The Balaban J connectivity index is 1.55. The van der Waals surface area contributed by atoms with Crippen LogP contribution in [0, 0.1) is 35.3 Å². The topological polar surface area (TPSA) is 9.23 Å². The van der Waals surface area contributed by atoms with Gasteiger partial charge >= 0.3 is 0 Å². The molecule has 0 spiro atoms. The van der Waals surface area contributed by atoms with Crippen LogP contribution >= 0.6 is 0 Å². The van der Waals surface area contributed by atoms with Crippen LogP contribution in [-0.4, -0.2) is 6.61 Å². The minimum atomic E-state index is -1.05. The first-order valence-corrected chi connectivity index (χ1v) is 11.5. The SMILES string of the molecule is CCCC1CCC(C2CCC(C(F)=Cc3ccc(OCC)c(F)c3F)CC2)CC1. The predicted octanol–water partition coefficient (Wildman–Crippen LogP) is 8.09. The number of allylic oxidation sites excluding steroid dienone is 1. The van der Waals surface area contributed by atoms with Gasteiger partial charge in [-0.2, -0.15) is 4.39 Å². The molecule has 2 fully saturated rings. The summed E-state index contributed by atoms with van der Waals surface area (Å²) in [6.07, 6.45) is 12.9. The van der Waals surface area contributed by atoms with E-state index in [1.165, 1.54) is 56.7 Å². The number of rotatable bonds is 7. The van der Waals surface area contributed by atoms with E-state index in [0.717, 1.165) is 37.5 Å². The number of benzene rings is 1. The maximum atomic E-state index is 14.8. The smallest absolute Gasteiger partial charge is 0.201 e. The molecule has 0 bridgehead atoms. The Morgan fingerprint density at radius 1 is 0.931 bits per heavy atom. The van der Waals surface area contributed by atoms with Crippen LogP contribution in [0.15, 0.2) is 18.0 Å². The molecule has 0 radical (unpaired) electrons. The summed E-state index contributed by atoms with van der Waals surface area (Å²) in [6.45, 7) is 4.23. The van der Waals surface area contributed by atoms with E-state index < -0.39 is 11.6 Å². The molecule has 1 aromatic rings. The summed E-state index contributed by atoms with van der Waals surface area (Å²) in [4.78, 5) is 0. The highest BCUT2D eigenvalue weighted by Crippen LogP contribution is 2.44. The first-order valence-electron chi connectivity index (χ1n) is 11.5. The largest absolute Gasteiger partial charge is 0.491 e. The zero-order chi connectivity index (χ0) is 20.8. The van der Waals surface area contributed by atoms with Crippen molar-refractivity contribution in [3.63, 3.8) is 0 Å². The van der Waals surface area contributed by atoms with Crippen molar-refractivity contribution < 1.29 is 17.9 Å². The van der Waals surface area contributed by atoms with Crippen LogP contribution in [0.2, 0.25) is 0 Å². The van der Waals surface area contributed by atoms with Gasteiger partial charge in [-0.15, -0.1) is 0 Å². The second-order valence-corrected chi connectivity index (χ2v) is 8.92. The first-order chi connectivity index (χ1) is 14.0. The Kier molecular flexibility index (Phi) is 8.08. The minimum Gasteiger partial charge on any atom is -0.491 e. The Labute approximate surface area is 173 Å². The number of hydrogen-bond acceptors (Lipinski definition) is 1. The third-order valence-electron chi connectivity index (χ3n) is 7.09. The van der Waals surface area contributed by atoms with Crippen LogP contribution < -0.4 is 4.74 Å². The third-order valence-corrected chi connectivity index (χ3v) is 7.09. The maximum Gasteiger partial charge on any atom is 0.201 e. The lowest BCUT2D eigenvalue weighted by atomic mass is 9.68. The number of ether oxygens (including phenoxy) is 1. The lowest BCUT2D eigenvalue weighted by Gasteiger charge is -2.37. The summed E-state index contributed by atoms with van der Waals surface area (Å²) in [7, 11) is 0. The van der Waals surface area contributed by atoms with E-state index in [9.17, 15) is 13.2 Å². The second-order valence-electron chi connectivity index (χ2n) is 8.92. The van der Waals surface area contributed by atoms with Crippen molar-refractivity contribution in [3.8, 4) is 5.75 Å². The molecule has 2 saturated carbocycles. The van der Waals surface area contributed by atoms with Crippen LogP contribution in [0.25, 0.3) is 6.08 Å². The van der Waals surface area contributed by atoms with Gasteiger partial charge in [0.15, 0.2) is 11.6 Å². The van der Waals surface area contributed by atoms with E-state index >= 15 is 0 Å². The monoisotopic (exact) mass is 408 g/mol. The molecule has 162 valence electrons. The van der Waals surface area contributed by atoms with Crippen molar-refractivity contribution in [2.24, 2.45) is 23.7 Å². The lowest BCUT2D eigenvalue weighted by Crippen LogP contribution is -2.26. The molecular formula is C25H35F3O. The van der Waals surface area contributed by atoms with Crippen molar-refractivity contribution in [3.05, 3.63) is 35.2 Å². The highest BCUT2D eigenvalue weighted by molar-refractivity contribution is 5.54. The van der Waals surface area contributed by atoms with Gasteiger partial charge in [-0.1, -0.05) is 32.6 Å².